The van der Waals surface area contributed by atoms with Gasteiger partial charge in [-0.1, -0.05) is 19.8 Å². The predicted octanol–water partition coefficient (Wildman–Crippen LogP) is 0.662. The largest absolute Gasteiger partial charge is 0.480 e. The number of amides is 2. The van der Waals surface area contributed by atoms with Gasteiger partial charge in [-0.3, -0.25) is 14.3 Å². The second-order valence-corrected chi connectivity index (χ2v) is 5.46. The van der Waals surface area contributed by atoms with Gasteiger partial charge in [0.1, 0.15) is 12.1 Å². The second-order valence-electron chi connectivity index (χ2n) is 5.46. The van der Waals surface area contributed by atoms with Gasteiger partial charge in [-0.25, -0.2) is 4.79 Å². The van der Waals surface area contributed by atoms with E-state index in [-0.39, 0.29) is 12.5 Å². The summed E-state index contributed by atoms with van der Waals surface area (Å²) in [5.74, 6) is -1.83. The van der Waals surface area contributed by atoms with Gasteiger partial charge in [0.2, 0.25) is 11.8 Å². The molecule has 0 saturated heterocycles. The Balaban J connectivity index is 2.54. The van der Waals surface area contributed by atoms with Crippen LogP contribution in [0.2, 0.25) is 0 Å². The molecule has 1 heterocycles. The van der Waals surface area contributed by atoms with Crippen molar-refractivity contribution in [3.63, 3.8) is 0 Å². The molecule has 0 aliphatic heterocycles. The van der Waals surface area contributed by atoms with Crippen molar-refractivity contribution in [3.05, 3.63) is 18.5 Å². The number of carbonyl (C=O) groups is 3. The van der Waals surface area contributed by atoms with Crippen LogP contribution in [0.25, 0.3) is 0 Å². The third-order valence-corrected chi connectivity index (χ3v) is 3.52. The van der Waals surface area contributed by atoms with Gasteiger partial charge in [0.05, 0.1) is 6.54 Å². The van der Waals surface area contributed by atoms with Crippen LogP contribution < -0.4 is 5.32 Å². The highest BCUT2D eigenvalue weighted by atomic mass is 16.4. The van der Waals surface area contributed by atoms with Crippen LogP contribution in [0.15, 0.2) is 18.5 Å². The lowest BCUT2D eigenvalue weighted by Gasteiger charge is -2.22. The fourth-order valence-electron chi connectivity index (χ4n) is 2.14. The quantitative estimate of drug-likeness (QED) is 0.694. The molecule has 1 aromatic heterocycles. The van der Waals surface area contributed by atoms with Crippen molar-refractivity contribution in [1.29, 1.82) is 0 Å². The Labute approximate surface area is 135 Å². The van der Waals surface area contributed by atoms with Crippen molar-refractivity contribution < 1.29 is 19.5 Å². The molecular weight excluding hydrogens is 300 g/mol. The van der Waals surface area contributed by atoms with Gasteiger partial charge in [-0.15, -0.1) is 0 Å². The van der Waals surface area contributed by atoms with Crippen LogP contribution in [0.3, 0.4) is 0 Å². The molecule has 8 nitrogen and oxygen atoms in total. The molecule has 128 valence electrons. The summed E-state index contributed by atoms with van der Waals surface area (Å²) < 4.78 is 1.50. The van der Waals surface area contributed by atoms with E-state index in [1.165, 1.54) is 16.6 Å². The summed E-state index contributed by atoms with van der Waals surface area (Å²) in [4.78, 5) is 36.6. The highest BCUT2D eigenvalue weighted by Gasteiger charge is 2.24. The maximum absolute atomic E-state index is 12.2. The molecule has 2 unspecified atom stereocenters. The third-order valence-electron chi connectivity index (χ3n) is 3.52. The zero-order valence-electron chi connectivity index (χ0n) is 13.7. The van der Waals surface area contributed by atoms with Crippen molar-refractivity contribution in [2.24, 2.45) is 0 Å². The average Bonchev–Trinajstić information content (AvgIpc) is 3.03. The molecule has 0 saturated carbocycles. The van der Waals surface area contributed by atoms with Crippen molar-refractivity contribution in [2.75, 3.05) is 13.6 Å². The molecule has 0 aliphatic carbocycles. The van der Waals surface area contributed by atoms with Crippen LogP contribution in [-0.2, 0) is 14.4 Å². The maximum atomic E-state index is 12.2. The predicted molar refractivity (Wildman–Crippen MR) is 83.7 cm³/mol. The van der Waals surface area contributed by atoms with Gasteiger partial charge < -0.3 is 15.3 Å². The molecule has 2 N–H and O–H groups in total. The van der Waals surface area contributed by atoms with Crippen molar-refractivity contribution >= 4 is 17.8 Å². The first-order valence-corrected chi connectivity index (χ1v) is 7.63. The standard InChI is InChI=1S/C15H24N4O4/c1-4-5-7-12(15(22)23)17-13(20)10-18(3)14(21)11(2)19-9-6-8-16-19/h6,8-9,11-12H,4-5,7,10H2,1-3H3,(H,17,20)(H,22,23). The molecule has 2 amide bonds. The zero-order chi connectivity index (χ0) is 17.4. The molecule has 1 aromatic rings. The molecule has 2 atom stereocenters. The summed E-state index contributed by atoms with van der Waals surface area (Å²) in [5, 5.41) is 15.5. The normalized spacial score (nSPS) is 13.2. The second kappa shape index (κ2) is 8.92. The number of carboxylic acids is 1. The number of hydrogen-bond acceptors (Lipinski definition) is 4. The minimum Gasteiger partial charge on any atom is -0.480 e. The minimum absolute atomic E-state index is 0.194. The van der Waals surface area contributed by atoms with E-state index in [2.05, 4.69) is 10.4 Å². The monoisotopic (exact) mass is 324 g/mol. The fraction of sp³-hybridized carbons (Fsp3) is 0.600. The molecule has 8 heteroatoms. The fourth-order valence-corrected chi connectivity index (χ4v) is 2.14. The number of carbonyl (C=O) groups excluding carboxylic acids is 2. The summed E-state index contributed by atoms with van der Waals surface area (Å²) in [6.07, 6.45) is 5.17. The molecule has 1 rings (SSSR count). The van der Waals surface area contributed by atoms with E-state index < -0.39 is 24.0 Å². The smallest absolute Gasteiger partial charge is 0.326 e. The van der Waals surface area contributed by atoms with Crippen LogP contribution in [0, 0.1) is 0 Å². The lowest BCUT2D eigenvalue weighted by atomic mass is 10.1. The number of nitrogens with zero attached hydrogens (tertiary/aromatic N) is 3. The van der Waals surface area contributed by atoms with Crippen LogP contribution in [0.1, 0.15) is 39.2 Å². The van der Waals surface area contributed by atoms with Crippen LogP contribution in [0.4, 0.5) is 0 Å². The van der Waals surface area contributed by atoms with Crippen molar-refractivity contribution in [2.45, 2.75) is 45.2 Å². The van der Waals surface area contributed by atoms with Crippen LogP contribution in [0.5, 0.6) is 0 Å². The maximum Gasteiger partial charge on any atom is 0.326 e. The van der Waals surface area contributed by atoms with Gasteiger partial charge >= 0.3 is 5.97 Å². The number of hydrogen-bond donors (Lipinski definition) is 2. The number of likely N-dealkylation sites (N-methyl/N-ethyl adjacent to an activating group) is 1. The molecule has 23 heavy (non-hydrogen) atoms. The van der Waals surface area contributed by atoms with Gasteiger partial charge in [-0.05, 0) is 19.4 Å². The number of aliphatic carboxylic acids is 1. The number of carboxylic acid groups (broad SMARTS) is 1. The summed E-state index contributed by atoms with van der Waals surface area (Å²) >= 11 is 0. The van der Waals surface area contributed by atoms with Gasteiger partial charge in [0, 0.05) is 19.4 Å². The first-order chi connectivity index (χ1) is 10.9. The van der Waals surface area contributed by atoms with E-state index in [1.54, 1.807) is 25.4 Å². The first-order valence-electron chi connectivity index (χ1n) is 7.63. The highest BCUT2D eigenvalue weighted by Crippen LogP contribution is 2.07. The number of unbranched alkanes of at least 4 members (excludes halogenated alkanes) is 1. The Morgan fingerprint density at radius 3 is 2.61 bits per heavy atom. The molecule has 0 aliphatic rings. The summed E-state index contributed by atoms with van der Waals surface area (Å²) in [6, 6.07) is 0.259. The summed E-state index contributed by atoms with van der Waals surface area (Å²) in [5.41, 5.74) is 0. The van der Waals surface area contributed by atoms with E-state index in [4.69, 9.17) is 5.11 Å². The topological polar surface area (TPSA) is 105 Å². The van der Waals surface area contributed by atoms with Gasteiger partial charge in [0.15, 0.2) is 0 Å². The lowest BCUT2D eigenvalue weighted by Crippen LogP contribution is -2.46. The van der Waals surface area contributed by atoms with E-state index >= 15 is 0 Å². The summed E-state index contributed by atoms with van der Waals surface area (Å²) in [7, 11) is 1.50. The molecule has 0 radical (unpaired) electrons. The van der Waals surface area contributed by atoms with Gasteiger partial charge in [-0.2, -0.15) is 5.10 Å². The number of rotatable bonds is 9. The minimum atomic E-state index is -1.06. The Morgan fingerprint density at radius 1 is 1.39 bits per heavy atom. The Bertz CT molecular complexity index is 530. The molecule has 0 spiro atoms. The number of nitrogens with one attached hydrogen (secondary N) is 1. The van der Waals surface area contributed by atoms with E-state index in [0.29, 0.717) is 12.8 Å². The Hall–Kier alpha value is -2.38. The Morgan fingerprint density at radius 2 is 2.09 bits per heavy atom. The summed E-state index contributed by atoms with van der Waals surface area (Å²) in [6.45, 7) is 3.44. The van der Waals surface area contributed by atoms with Crippen molar-refractivity contribution in [1.82, 2.24) is 20.0 Å². The zero-order valence-corrected chi connectivity index (χ0v) is 13.7. The van der Waals surface area contributed by atoms with Gasteiger partial charge in [0.25, 0.3) is 0 Å². The number of aromatic nitrogens is 2. The van der Waals surface area contributed by atoms with E-state index in [1.807, 2.05) is 6.92 Å². The van der Waals surface area contributed by atoms with E-state index in [0.717, 1.165) is 6.42 Å². The lowest BCUT2D eigenvalue weighted by molar-refractivity contribution is -0.143. The molecule has 0 fully saturated rings. The first kappa shape index (κ1) is 18.7. The SMILES string of the molecule is CCCCC(NC(=O)CN(C)C(=O)C(C)n1cccn1)C(=O)O. The molecule has 0 aromatic carbocycles. The van der Waals surface area contributed by atoms with Crippen LogP contribution in [-0.4, -0.2) is 57.2 Å². The average molecular weight is 324 g/mol. The third kappa shape index (κ3) is 5.72. The Kier molecular flexibility index (Phi) is 7.24. The molecule has 0 bridgehead atoms. The van der Waals surface area contributed by atoms with E-state index in [9.17, 15) is 14.4 Å². The van der Waals surface area contributed by atoms with Crippen LogP contribution >= 0.6 is 0 Å². The molecular formula is C15H24N4O4. The van der Waals surface area contributed by atoms with Crippen molar-refractivity contribution in [3.8, 4) is 0 Å². The highest BCUT2D eigenvalue weighted by molar-refractivity contribution is 5.88.